The van der Waals surface area contributed by atoms with Crippen molar-refractivity contribution in [2.24, 2.45) is 5.92 Å². The maximum absolute atomic E-state index is 12.6. The van der Waals surface area contributed by atoms with Crippen LogP contribution in [-0.2, 0) is 20.7 Å². The molecule has 3 atom stereocenters. The normalized spacial score (nSPS) is 14.1. The fraction of sp³-hybridized carbons (Fsp3) is 0.440. The zero-order valence-electron chi connectivity index (χ0n) is 19.0. The number of amides is 1. The van der Waals surface area contributed by atoms with Gasteiger partial charge in [-0.1, -0.05) is 48.5 Å². The summed E-state index contributed by atoms with van der Waals surface area (Å²) in [7, 11) is 0. The van der Waals surface area contributed by atoms with Crippen molar-refractivity contribution in [1.29, 1.82) is 0 Å². The summed E-state index contributed by atoms with van der Waals surface area (Å²) < 4.78 is 16.8. The molecule has 31 heavy (non-hydrogen) atoms. The van der Waals surface area contributed by atoms with E-state index in [1.165, 1.54) is 0 Å². The van der Waals surface area contributed by atoms with Gasteiger partial charge in [-0.05, 0) is 58.7 Å². The van der Waals surface area contributed by atoms with Crippen molar-refractivity contribution < 1.29 is 23.8 Å². The Kier molecular flexibility index (Phi) is 8.91. The van der Waals surface area contributed by atoms with E-state index in [0.717, 1.165) is 11.3 Å². The number of hydrogen-bond donors (Lipinski definition) is 1. The van der Waals surface area contributed by atoms with E-state index in [1.54, 1.807) is 27.7 Å². The summed E-state index contributed by atoms with van der Waals surface area (Å²) in [6, 6.07) is 18.7. The molecular weight excluding hydrogens is 394 g/mol. The van der Waals surface area contributed by atoms with Gasteiger partial charge in [0, 0.05) is 5.92 Å². The third-order valence-corrected chi connectivity index (χ3v) is 4.60. The lowest BCUT2D eigenvalue weighted by Gasteiger charge is -2.26. The fourth-order valence-corrected chi connectivity index (χ4v) is 2.92. The first-order valence-corrected chi connectivity index (χ1v) is 10.6. The number of para-hydroxylation sites is 1. The third-order valence-electron chi connectivity index (χ3n) is 4.60. The largest absolute Gasteiger partial charge is 0.493 e. The first-order valence-electron chi connectivity index (χ1n) is 10.6. The van der Waals surface area contributed by atoms with Crippen LogP contribution in [0.4, 0.5) is 4.79 Å². The van der Waals surface area contributed by atoms with Crippen LogP contribution in [0.3, 0.4) is 0 Å². The van der Waals surface area contributed by atoms with Gasteiger partial charge in [0.2, 0.25) is 0 Å². The Hall–Kier alpha value is -3.02. The van der Waals surface area contributed by atoms with Gasteiger partial charge in [-0.25, -0.2) is 9.59 Å². The molecule has 0 bridgehead atoms. The number of rotatable bonds is 9. The topological polar surface area (TPSA) is 73.9 Å². The minimum Gasteiger partial charge on any atom is -0.493 e. The number of alkyl carbamates (subject to hydrolysis) is 1. The van der Waals surface area contributed by atoms with Crippen LogP contribution in [0.1, 0.15) is 40.2 Å². The lowest BCUT2D eigenvalue weighted by molar-refractivity contribution is -0.153. The summed E-state index contributed by atoms with van der Waals surface area (Å²) in [5, 5.41) is 2.52. The molecule has 2 aromatic rings. The maximum atomic E-state index is 12.6. The number of ether oxygens (including phenoxy) is 3. The third kappa shape index (κ3) is 9.11. The summed E-state index contributed by atoms with van der Waals surface area (Å²) in [6.07, 6.45) is -0.382. The Balaban J connectivity index is 1.99. The number of carbonyl (C=O) groups excluding carboxylic acids is 2. The Morgan fingerprint density at radius 2 is 1.52 bits per heavy atom. The SMILES string of the molecule is CC(NC(=O)OC(C)(C)C)C(=O)O[C@@H](C)[C@@H](COc1ccccc1)Cc1ccccc1. The highest BCUT2D eigenvalue weighted by molar-refractivity contribution is 5.81. The molecule has 6 heteroatoms. The molecule has 0 aliphatic rings. The molecule has 168 valence electrons. The average molecular weight is 428 g/mol. The van der Waals surface area contributed by atoms with Crippen molar-refractivity contribution in [3.63, 3.8) is 0 Å². The van der Waals surface area contributed by atoms with Gasteiger partial charge in [-0.3, -0.25) is 0 Å². The molecule has 2 aromatic carbocycles. The van der Waals surface area contributed by atoms with Crippen molar-refractivity contribution in [1.82, 2.24) is 5.32 Å². The lowest BCUT2D eigenvalue weighted by Crippen LogP contribution is -2.44. The fourth-order valence-electron chi connectivity index (χ4n) is 2.92. The second kappa shape index (κ2) is 11.4. The minimum atomic E-state index is -0.829. The van der Waals surface area contributed by atoms with Crippen molar-refractivity contribution in [3.8, 4) is 5.75 Å². The van der Waals surface area contributed by atoms with Crippen LogP contribution < -0.4 is 10.1 Å². The molecule has 2 rings (SSSR count). The molecule has 0 fully saturated rings. The second-order valence-electron chi connectivity index (χ2n) is 8.58. The first kappa shape index (κ1) is 24.3. The highest BCUT2D eigenvalue weighted by Crippen LogP contribution is 2.19. The molecule has 0 saturated carbocycles. The van der Waals surface area contributed by atoms with Crippen LogP contribution in [0.15, 0.2) is 60.7 Å². The molecule has 1 amide bonds. The smallest absolute Gasteiger partial charge is 0.408 e. The molecular formula is C25H33NO5. The number of benzene rings is 2. The summed E-state index contributed by atoms with van der Waals surface area (Å²) in [4.78, 5) is 24.5. The molecule has 0 aliphatic heterocycles. The molecule has 1 unspecified atom stereocenters. The van der Waals surface area contributed by atoms with E-state index in [4.69, 9.17) is 14.2 Å². The van der Waals surface area contributed by atoms with Gasteiger partial charge >= 0.3 is 12.1 Å². The van der Waals surface area contributed by atoms with Crippen molar-refractivity contribution in [2.45, 2.75) is 58.8 Å². The molecule has 0 radical (unpaired) electrons. The average Bonchev–Trinajstić information content (AvgIpc) is 2.71. The molecule has 0 heterocycles. The molecule has 0 saturated heterocycles. The van der Waals surface area contributed by atoms with Crippen LogP contribution >= 0.6 is 0 Å². The predicted octanol–water partition coefficient (Wildman–Crippen LogP) is 4.77. The zero-order valence-corrected chi connectivity index (χ0v) is 19.0. The molecule has 6 nitrogen and oxygen atoms in total. The van der Waals surface area contributed by atoms with E-state index < -0.39 is 29.8 Å². The van der Waals surface area contributed by atoms with Crippen molar-refractivity contribution in [3.05, 3.63) is 66.2 Å². The van der Waals surface area contributed by atoms with E-state index in [1.807, 2.05) is 67.6 Å². The summed E-state index contributed by atoms with van der Waals surface area (Å²) in [6.45, 7) is 9.10. The highest BCUT2D eigenvalue weighted by atomic mass is 16.6. The molecule has 0 spiro atoms. The zero-order chi connectivity index (χ0) is 22.9. The Morgan fingerprint density at radius 3 is 2.10 bits per heavy atom. The van der Waals surface area contributed by atoms with Gasteiger partial charge in [-0.15, -0.1) is 0 Å². The van der Waals surface area contributed by atoms with Gasteiger partial charge < -0.3 is 19.5 Å². The van der Waals surface area contributed by atoms with Gasteiger partial charge in [0.05, 0.1) is 6.61 Å². The first-order chi connectivity index (χ1) is 14.6. The minimum absolute atomic E-state index is 0.0692. The van der Waals surface area contributed by atoms with Crippen molar-refractivity contribution in [2.75, 3.05) is 6.61 Å². The monoisotopic (exact) mass is 427 g/mol. The van der Waals surface area contributed by atoms with Crippen LogP contribution in [0, 0.1) is 5.92 Å². The Morgan fingerprint density at radius 1 is 0.935 bits per heavy atom. The van der Waals surface area contributed by atoms with Gasteiger partial charge in [0.1, 0.15) is 23.5 Å². The Labute approximate surface area is 184 Å². The van der Waals surface area contributed by atoms with Crippen LogP contribution in [0.2, 0.25) is 0 Å². The van der Waals surface area contributed by atoms with E-state index in [0.29, 0.717) is 13.0 Å². The summed E-state index contributed by atoms with van der Waals surface area (Å²) in [5.41, 5.74) is 0.489. The molecule has 0 aliphatic carbocycles. The van der Waals surface area contributed by atoms with E-state index in [2.05, 4.69) is 5.32 Å². The standard InChI is InChI=1S/C25H33NO5/c1-18(26-24(28)31-25(3,4)5)23(27)30-19(2)21(16-20-12-8-6-9-13-20)17-29-22-14-10-7-11-15-22/h6-15,18-19,21H,16-17H2,1-5H3,(H,26,28)/t18?,19-,21+/m0/s1. The van der Waals surface area contributed by atoms with E-state index in [-0.39, 0.29) is 5.92 Å². The van der Waals surface area contributed by atoms with E-state index in [9.17, 15) is 9.59 Å². The Bertz CT molecular complexity index is 817. The van der Waals surface area contributed by atoms with Gasteiger partial charge in [0.15, 0.2) is 0 Å². The number of nitrogens with one attached hydrogen (secondary N) is 1. The van der Waals surface area contributed by atoms with E-state index >= 15 is 0 Å². The highest BCUT2D eigenvalue weighted by Gasteiger charge is 2.27. The number of hydrogen-bond acceptors (Lipinski definition) is 5. The van der Waals surface area contributed by atoms with Gasteiger partial charge in [0.25, 0.3) is 0 Å². The maximum Gasteiger partial charge on any atom is 0.408 e. The van der Waals surface area contributed by atoms with Gasteiger partial charge in [-0.2, -0.15) is 0 Å². The lowest BCUT2D eigenvalue weighted by atomic mass is 9.95. The molecule has 1 N–H and O–H groups in total. The second-order valence-corrected chi connectivity index (χ2v) is 8.58. The quantitative estimate of drug-likeness (QED) is 0.584. The van der Waals surface area contributed by atoms with Crippen molar-refractivity contribution >= 4 is 12.1 Å². The number of esters is 1. The summed E-state index contributed by atoms with van der Waals surface area (Å²) in [5.74, 6) is 0.176. The predicted molar refractivity (Wildman–Crippen MR) is 120 cm³/mol. The molecule has 0 aromatic heterocycles. The van der Waals surface area contributed by atoms with Crippen LogP contribution in [0.5, 0.6) is 5.75 Å². The number of carbonyl (C=O) groups is 2. The van der Waals surface area contributed by atoms with Crippen LogP contribution in [-0.4, -0.2) is 36.4 Å². The summed E-state index contributed by atoms with van der Waals surface area (Å²) >= 11 is 0. The van der Waals surface area contributed by atoms with Crippen LogP contribution in [0.25, 0.3) is 0 Å².